The van der Waals surface area contributed by atoms with E-state index in [1.807, 2.05) is 31.2 Å². The van der Waals surface area contributed by atoms with Crippen molar-refractivity contribution in [3.8, 4) is 5.75 Å². The van der Waals surface area contributed by atoms with Gasteiger partial charge in [0.2, 0.25) is 5.95 Å². The lowest BCUT2D eigenvalue weighted by atomic mass is 10.2. The normalized spacial score (nSPS) is 10.4. The van der Waals surface area contributed by atoms with E-state index in [9.17, 15) is 4.79 Å². The smallest absolute Gasteiger partial charge is 0.258 e. The van der Waals surface area contributed by atoms with E-state index in [0.717, 1.165) is 25.9 Å². The van der Waals surface area contributed by atoms with E-state index in [1.165, 1.54) is 0 Å². The van der Waals surface area contributed by atoms with Crippen molar-refractivity contribution in [2.24, 2.45) is 0 Å². The fraction of sp³-hybridized carbons (Fsp3) is 0.421. The van der Waals surface area contributed by atoms with E-state index in [4.69, 9.17) is 4.74 Å². The number of anilines is 2. The number of nitrogens with one attached hydrogen (secondary N) is 1. The molecule has 1 amide bonds. The molecule has 0 spiro atoms. The first-order valence-electron chi connectivity index (χ1n) is 8.79. The Labute approximate surface area is 149 Å². The minimum Gasteiger partial charge on any atom is -0.492 e. The largest absolute Gasteiger partial charge is 0.492 e. The Morgan fingerprint density at radius 3 is 2.32 bits per heavy atom. The van der Waals surface area contributed by atoms with Gasteiger partial charge in [0.1, 0.15) is 5.75 Å². The van der Waals surface area contributed by atoms with Crippen LogP contribution in [0, 0.1) is 0 Å². The van der Waals surface area contributed by atoms with Crippen LogP contribution in [0.3, 0.4) is 0 Å². The topological polar surface area (TPSA) is 67.4 Å². The maximum atomic E-state index is 12.4. The number of para-hydroxylation sites is 2. The van der Waals surface area contributed by atoms with Gasteiger partial charge in [-0.3, -0.25) is 4.79 Å². The van der Waals surface area contributed by atoms with E-state index in [0.29, 0.717) is 29.6 Å². The van der Waals surface area contributed by atoms with Gasteiger partial charge in [-0.1, -0.05) is 26.0 Å². The Balaban J connectivity index is 2.10. The zero-order valence-corrected chi connectivity index (χ0v) is 15.2. The molecule has 2 rings (SSSR count). The molecule has 25 heavy (non-hydrogen) atoms. The highest BCUT2D eigenvalue weighted by Crippen LogP contribution is 2.24. The van der Waals surface area contributed by atoms with Crippen LogP contribution in [0.1, 0.15) is 44.0 Å². The van der Waals surface area contributed by atoms with Crippen molar-refractivity contribution in [3.05, 3.63) is 42.2 Å². The van der Waals surface area contributed by atoms with Gasteiger partial charge in [0, 0.05) is 25.5 Å². The number of hydrogen-bond donors (Lipinski definition) is 1. The zero-order valence-electron chi connectivity index (χ0n) is 15.2. The van der Waals surface area contributed by atoms with Crippen LogP contribution >= 0.6 is 0 Å². The molecule has 6 heteroatoms. The van der Waals surface area contributed by atoms with Crippen LogP contribution in [0.15, 0.2) is 36.7 Å². The van der Waals surface area contributed by atoms with Gasteiger partial charge < -0.3 is 15.0 Å². The second-order valence-electron chi connectivity index (χ2n) is 5.64. The molecule has 0 aliphatic carbocycles. The van der Waals surface area contributed by atoms with Gasteiger partial charge in [0.05, 0.1) is 17.9 Å². The van der Waals surface area contributed by atoms with E-state index in [-0.39, 0.29) is 5.91 Å². The van der Waals surface area contributed by atoms with Crippen LogP contribution < -0.4 is 15.0 Å². The average Bonchev–Trinajstić information content (AvgIpc) is 2.63. The third-order valence-electron chi connectivity index (χ3n) is 3.61. The Bertz CT molecular complexity index is 667. The standard InChI is InChI=1S/C19H26N4O2/c1-4-11-23(12-5-2)19-20-13-15(14-21-19)18(24)22-16-9-7-8-10-17(16)25-6-3/h7-10,13-14H,4-6,11-12H2,1-3H3,(H,22,24). The molecule has 1 heterocycles. The number of carbonyl (C=O) groups is 1. The third kappa shape index (κ3) is 5.17. The number of aromatic nitrogens is 2. The number of rotatable bonds is 9. The summed E-state index contributed by atoms with van der Waals surface area (Å²) >= 11 is 0. The Morgan fingerprint density at radius 2 is 1.72 bits per heavy atom. The summed E-state index contributed by atoms with van der Waals surface area (Å²) in [6.45, 7) is 8.50. The maximum absolute atomic E-state index is 12.4. The number of nitrogens with zero attached hydrogens (tertiary/aromatic N) is 3. The summed E-state index contributed by atoms with van der Waals surface area (Å²) in [6, 6.07) is 7.36. The molecular formula is C19H26N4O2. The molecule has 0 aliphatic heterocycles. The fourth-order valence-corrected chi connectivity index (χ4v) is 2.50. The second-order valence-corrected chi connectivity index (χ2v) is 5.64. The molecule has 1 aromatic heterocycles. The van der Waals surface area contributed by atoms with E-state index in [1.54, 1.807) is 12.4 Å². The zero-order chi connectivity index (χ0) is 18.1. The van der Waals surface area contributed by atoms with Crippen molar-refractivity contribution >= 4 is 17.5 Å². The molecule has 134 valence electrons. The maximum Gasteiger partial charge on any atom is 0.258 e. The van der Waals surface area contributed by atoms with Gasteiger partial charge in [0.25, 0.3) is 5.91 Å². The highest BCUT2D eigenvalue weighted by atomic mass is 16.5. The summed E-state index contributed by atoms with van der Waals surface area (Å²) in [4.78, 5) is 23.3. The van der Waals surface area contributed by atoms with Crippen LogP contribution in [0.2, 0.25) is 0 Å². The van der Waals surface area contributed by atoms with Gasteiger partial charge >= 0.3 is 0 Å². The summed E-state index contributed by atoms with van der Waals surface area (Å²) in [6.07, 6.45) is 5.19. The predicted octanol–water partition coefficient (Wildman–Crippen LogP) is 3.75. The van der Waals surface area contributed by atoms with Crippen molar-refractivity contribution in [3.63, 3.8) is 0 Å². The Kier molecular flexibility index (Phi) is 7.19. The molecule has 1 N–H and O–H groups in total. The van der Waals surface area contributed by atoms with Gasteiger partial charge in [-0.05, 0) is 31.9 Å². The number of amides is 1. The number of benzene rings is 1. The molecule has 0 radical (unpaired) electrons. The summed E-state index contributed by atoms with van der Waals surface area (Å²) in [5.74, 6) is 1.05. The molecule has 0 saturated carbocycles. The van der Waals surface area contributed by atoms with Gasteiger partial charge in [-0.2, -0.15) is 0 Å². The second kappa shape index (κ2) is 9.61. The molecule has 0 saturated heterocycles. The molecular weight excluding hydrogens is 316 g/mol. The first-order chi connectivity index (χ1) is 12.2. The summed E-state index contributed by atoms with van der Waals surface area (Å²) in [5, 5.41) is 2.85. The lowest BCUT2D eigenvalue weighted by Crippen LogP contribution is -2.27. The third-order valence-corrected chi connectivity index (χ3v) is 3.61. The van der Waals surface area contributed by atoms with Crippen molar-refractivity contribution in [1.82, 2.24) is 9.97 Å². The van der Waals surface area contributed by atoms with Crippen LogP contribution in [-0.4, -0.2) is 35.6 Å². The van der Waals surface area contributed by atoms with Crippen LogP contribution in [0.5, 0.6) is 5.75 Å². The van der Waals surface area contributed by atoms with Crippen LogP contribution in [-0.2, 0) is 0 Å². The lowest BCUT2D eigenvalue weighted by Gasteiger charge is -2.21. The molecule has 0 unspecified atom stereocenters. The number of hydrogen-bond acceptors (Lipinski definition) is 5. The monoisotopic (exact) mass is 342 g/mol. The summed E-state index contributed by atoms with van der Waals surface area (Å²) in [5.41, 5.74) is 1.06. The quantitative estimate of drug-likeness (QED) is 0.751. The molecule has 6 nitrogen and oxygen atoms in total. The number of carbonyl (C=O) groups excluding carboxylic acids is 1. The van der Waals surface area contributed by atoms with Gasteiger partial charge in [-0.15, -0.1) is 0 Å². The molecule has 0 bridgehead atoms. The van der Waals surface area contributed by atoms with Crippen molar-refractivity contribution in [1.29, 1.82) is 0 Å². The first kappa shape index (κ1) is 18.7. The fourth-order valence-electron chi connectivity index (χ4n) is 2.50. The number of ether oxygens (including phenoxy) is 1. The van der Waals surface area contributed by atoms with Crippen molar-refractivity contribution in [2.75, 3.05) is 29.9 Å². The van der Waals surface area contributed by atoms with E-state index >= 15 is 0 Å². The highest BCUT2D eigenvalue weighted by molar-refractivity contribution is 6.04. The molecule has 1 aromatic carbocycles. The average molecular weight is 342 g/mol. The molecule has 0 fully saturated rings. The minimum atomic E-state index is -0.253. The summed E-state index contributed by atoms with van der Waals surface area (Å²) in [7, 11) is 0. The predicted molar refractivity (Wildman–Crippen MR) is 100 cm³/mol. The van der Waals surface area contributed by atoms with Crippen molar-refractivity contribution < 1.29 is 9.53 Å². The van der Waals surface area contributed by atoms with Crippen LogP contribution in [0.4, 0.5) is 11.6 Å². The van der Waals surface area contributed by atoms with Gasteiger partial charge in [0.15, 0.2) is 0 Å². The van der Waals surface area contributed by atoms with Crippen LogP contribution in [0.25, 0.3) is 0 Å². The Hall–Kier alpha value is -2.63. The van der Waals surface area contributed by atoms with E-state index < -0.39 is 0 Å². The SMILES string of the molecule is CCCN(CCC)c1ncc(C(=O)Nc2ccccc2OCC)cn1. The van der Waals surface area contributed by atoms with Crippen molar-refractivity contribution in [2.45, 2.75) is 33.6 Å². The highest BCUT2D eigenvalue weighted by Gasteiger charge is 2.13. The lowest BCUT2D eigenvalue weighted by molar-refractivity contribution is 0.102. The van der Waals surface area contributed by atoms with E-state index in [2.05, 4.69) is 34.0 Å². The summed E-state index contributed by atoms with van der Waals surface area (Å²) < 4.78 is 5.53. The van der Waals surface area contributed by atoms with Gasteiger partial charge in [-0.25, -0.2) is 9.97 Å². The Morgan fingerprint density at radius 1 is 1.08 bits per heavy atom. The molecule has 0 aliphatic rings. The molecule has 0 atom stereocenters. The first-order valence-corrected chi connectivity index (χ1v) is 8.79. The molecule has 2 aromatic rings. The minimum absolute atomic E-state index is 0.253.